The fraction of sp³-hybridized carbons (Fsp3) is 0.583. The molecule has 1 aromatic heterocycles. The van der Waals surface area contributed by atoms with Crippen molar-refractivity contribution in [3.63, 3.8) is 0 Å². The van der Waals surface area contributed by atoms with Crippen LogP contribution in [0, 0.1) is 16.7 Å². The minimum Gasteiger partial charge on any atom is -0.494 e. The molecule has 2 bridgehead atoms. The van der Waals surface area contributed by atoms with Crippen molar-refractivity contribution in [3.05, 3.63) is 29.8 Å². The van der Waals surface area contributed by atoms with Crippen LogP contribution in [0.4, 0.5) is 5.95 Å². The number of H-pyrrole nitrogens is 1. The zero-order valence-corrected chi connectivity index (χ0v) is 22.1. The van der Waals surface area contributed by atoms with E-state index in [0.29, 0.717) is 30.6 Å². The highest BCUT2D eigenvalue weighted by Crippen LogP contribution is 2.64. The summed E-state index contributed by atoms with van der Waals surface area (Å²) in [5.74, 6) is -1.15. The lowest BCUT2D eigenvalue weighted by Gasteiger charge is -2.36. The van der Waals surface area contributed by atoms with Gasteiger partial charge in [0.25, 0.3) is 0 Å². The number of aromatic amines is 1. The number of anilines is 1. The molecule has 4 rings (SSSR count). The maximum atomic E-state index is 13.1. The lowest BCUT2D eigenvalue weighted by Crippen LogP contribution is -2.49. The predicted octanol–water partition coefficient (Wildman–Crippen LogP) is 1.31. The van der Waals surface area contributed by atoms with Crippen LogP contribution in [-0.4, -0.2) is 70.2 Å². The van der Waals surface area contributed by atoms with Gasteiger partial charge in [0.2, 0.25) is 21.9 Å². The van der Waals surface area contributed by atoms with Crippen LogP contribution in [0.25, 0.3) is 0 Å². The van der Waals surface area contributed by atoms with Crippen LogP contribution in [0.2, 0.25) is 0 Å². The number of ketones is 1. The number of hydrogen-bond acceptors (Lipinski definition) is 9. The number of carbonyl (C=O) groups is 3. The van der Waals surface area contributed by atoms with Gasteiger partial charge in [-0.15, -0.1) is 0 Å². The third-order valence-corrected chi connectivity index (χ3v) is 9.50. The first-order chi connectivity index (χ1) is 17.9. The molecule has 2 aliphatic carbocycles. The number of benzene rings is 1. The summed E-state index contributed by atoms with van der Waals surface area (Å²) >= 11 is 0. The molecule has 1 amide bonds. The second-order valence-electron chi connectivity index (χ2n) is 10.5. The highest BCUT2D eigenvalue weighted by Gasteiger charge is 2.65. The highest BCUT2D eigenvalue weighted by atomic mass is 32.2. The summed E-state index contributed by atoms with van der Waals surface area (Å²) in [4.78, 5) is 36.4. The van der Waals surface area contributed by atoms with Gasteiger partial charge in [0.05, 0.1) is 12.4 Å². The summed E-state index contributed by atoms with van der Waals surface area (Å²) in [5.41, 5.74) is -0.811. The van der Waals surface area contributed by atoms with Gasteiger partial charge in [0, 0.05) is 18.3 Å². The largest absolute Gasteiger partial charge is 0.494 e. The van der Waals surface area contributed by atoms with E-state index in [4.69, 9.17) is 4.74 Å². The number of carbonyl (C=O) groups excluding carboxylic acids is 2. The summed E-state index contributed by atoms with van der Waals surface area (Å²) < 4.78 is 34.1. The van der Waals surface area contributed by atoms with Crippen molar-refractivity contribution in [1.29, 1.82) is 0 Å². The monoisotopic (exact) mass is 548 g/mol. The van der Waals surface area contributed by atoms with Crippen molar-refractivity contribution >= 4 is 33.6 Å². The fourth-order valence-electron chi connectivity index (χ4n) is 5.66. The molecular weight excluding hydrogens is 516 g/mol. The third-order valence-electron chi connectivity index (χ3n) is 7.98. The summed E-state index contributed by atoms with van der Waals surface area (Å²) in [5, 5.41) is 24.9. The first-order valence-electron chi connectivity index (χ1n) is 12.4. The topological polar surface area (TPSA) is 193 Å². The molecule has 0 aliphatic heterocycles. The van der Waals surface area contributed by atoms with Gasteiger partial charge in [0.15, 0.2) is 0 Å². The minimum absolute atomic E-state index is 0.0423. The number of amides is 1. The Morgan fingerprint density at radius 3 is 2.58 bits per heavy atom. The van der Waals surface area contributed by atoms with Gasteiger partial charge in [0.1, 0.15) is 17.6 Å². The molecule has 1 unspecified atom stereocenters. The number of tetrazole rings is 1. The molecule has 14 heteroatoms. The molecule has 4 N–H and O–H groups in total. The van der Waals surface area contributed by atoms with Crippen LogP contribution in [-0.2, 0) is 30.8 Å². The molecule has 2 saturated carbocycles. The Bertz CT molecular complexity index is 1280. The molecule has 1 heterocycles. The van der Waals surface area contributed by atoms with Crippen LogP contribution < -0.4 is 14.8 Å². The Morgan fingerprint density at radius 2 is 2.00 bits per heavy atom. The number of sulfonamides is 1. The Hall–Kier alpha value is -3.39. The van der Waals surface area contributed by atoms with E-state index in [2.05, 4.69) is 30.7 Å². The van der Waals surface area contributed by atoms with E-state index in [0.717, 1.165) is 6.42 Å². The zero-order valence-electron chi connectivity index (χ0n) is 21.3. The van der Waals surface area contributed by atoms with Crippen molar-refractivity contribution in [1.82, 2.24) is 25.3 Å². The van der Waals surface area contributed by atoms with Crippen molar-refractivity contribution in [2.75, 3.05) is 17.7 Å². The number of carboxylic acids is 1. The Labute approximate surface area is 220 Å². The molecule has 3 atom stereocenters. The van der Waals surface area contributed by atoms with Gasteiger partial charge < -0.3 is 9.84 Å². The molecule has 0 saturated heterocycles. The van der Waals surface area contributed by atoms with Crippen molar-refractivity contribution in [2.45, 2.75) is 58.4 Å². The van der Waals surface area contributed by atoms with Crippen molar-refractivity contribution in [2.24, 2.45) is 16.7 Å². The predicted molar refractivity (Wildman–Crippen MR) is 135 cm³/mol. The minimum atomic E-state index is -4.05. The normalized spacial score (nSPS) is 22.8. The molecule has 13 nitrogen and oxygen atoms in total. The molecule has 0 spiro atoms. The number of Topliss-reactive ketones (excluding diaryl/α,β-unsaturated/α-hetero) is 1. The maximum absolute atomic E-state index is 13.1. The second kappa shape index (κ2) is 10.8. The number of aromatic nitrogens is 4. The molecule has 206 valence electrons. The van der Waals surface area contributed by atoms with Gasteiger partial charge in [-0.05, 0) is 65.1 Å². The summed E-state index contributed by atoms with van der Waals surface area (Å²) in [7, 11) is -4.05. The number of nitrogens with one attached hydrogen (secondary N) is 3. The Balaban J connectivity index is 1.28. The molecule has 1 aromatic carbocycles. The third kappa shape index (κ3) is 5.85. The van der Waals surface area contributed by atoms with E-state index in [1.165, 1.54) is 0 Å². The van der Waals surface area contributed by atoms with Gasteiger partial charge in [-0.25, -0.2) is 18.2 Å². The van der Waals surface area contributed by atoms with Gasteiger partial charge in [-0.3, -0.25) is 19.7 Å². The maximum Gasteiger partial charge on any atom is 0.322 e. The van der Waals surface area contributed by atoms with Crippen LogP contribution >= 0.6 is 0 Å². The zero-order chi connectivity index (χ0) is 27.6. The number of nitrogens with zero attached hydrogens (tertiary/aromatic N) is 3. The quantitative estimate of drug-likeness (QED) is 0.265. The standard InChI is InChI=1S/C24H32N6O7S/c1-23(2)16-9-10-24(23,19(31)13-16)14-38(35,36)28-18(21(33)34)12-15-5-7-17(8-6-15)37-11-3-4-20(32)25-22-26-29-30-27-22/h5-8,16,18,28H,3-4,9-14H2,1-2H3,(H,33,34)(H2,25,26,27,29,30,32)/t16?,18-,24-/m0/s1. The molecule has 2 fully saturated rings. The number of aliphatic carboxylic acids is 1. The van der Waals surface area contributed by atoms with E-state index in [1.807, 2.05) is 13.8 Å². The van der Waals surface area contributed by atoms with E-state index in [9.17, 15) is 27.9 Å². The molecule has 2 aromatic rings. The number of hydrogen-bond donors (Lipinski definition) is 4. The lowest BCUT2D eigenvalue weighted by atomic mass is 9.70. The molecular formula is C24H32N6O7S. The van der Waals surface area contributed by atoms with Crippen LogP contribution in [0.3, 0.4) is 0 Å². The summed E-state index contributed by atoms with van der Waals surface area (Å²) in [6, 6.07) is 5.25. The molecule has 0 radical (unpaired) electrons. The molecule has 2 aliphatic rings. The van der Waals surface area contributed by atoms with Gasteiger partial charge in [-0.2, -0.15) is 0 Å². The van der Waals surface area contributed by atoms with E-state index in [-0.39, 0.29) is 43.0 Å². The average molecular weight is 549 g/mol. The number of fused-ring (bicyclic) bond motifs is 2. The SMILES string of the molecule is CC1(C)C2CC[C@]1(CS(=O)(=O)N[C@@H](Cc1ccc(OCCCC(=O)Nc3nnn[nH]3)cc1)C(=O)O)C(=O)C2. The van der Waals surface area contributed by atoms with Crippen LogP contribution in [0.5, 0.6) is 5.75 Å². The van der Waals surface area contributed by atoms with Gasteiger partial charge >= 0.3 is 5.97 Å². The number of rotatable bonds is 13. The fourth-order valence-corrected chi connectivity index (χ4v) is 7.68. The van der Waals surface area contributed by atoms with Crippen LogP contribution in [0.15, 0.2) is 24.3 Å². The van der Waals surface area contributed by atoms with Gasteiger partial charge in [-0.1, -0.05) is 31.1 Å². The summed E-state index contributed by atoms with van der Waals surface area (Å²) in [6.07, 6.45) is 2.26. The first kappa shape index (κ1) is 27.6. The van der Waals surface area contributed by atoms with Crippen LogP contribution in [0.1, 0.15) is 51.5 Å². The van der Waals surface area contributed by atoms with Crippen molar-refractivity contribution < 1.29 is 32.6 Å². The first-order valence-corrected chi connectivity index (χ1v) is 14.1. The summed E-state index contributed by atoms with van der Waals surface area (Å²) in [6.45, 7) is 4.15. The lowest BCUT2D eigenvalue weighted by molar-refractivity contribution is -0.139. The number of carboxylic acid groups (broad SMARTS) is 1. The Kier molecular flexibility index (Phi) is 7.83. The van der Waals surface area contributed by atoms with E-state index < -0.39 is 38.6 Å². The smallest absolute Gasteiger partial charge is 0.322 e. The highest BCUT2D eigenvalue weighted by molar-refractivity contribution is 7.89. The molecule has 38 heavy (non-hydrogen) atoms. The second-order valence-corrected chi connectivity index (χ2v) is 12.3. The van der Waals surface area contributed by atoms with E-state index >= 15 is 0 Å². The average Bonchev–Trinajstić information content (AvgIpc) is 3.48. The van der Waals surface area contributed by atoms with E-state index in [1.54, 1.807) is 24.3 Å². The number of ether oxygens (including phenoxy) is 1. The Morgan fingerprint density at radius 1 is 1.26 bits per heavy atom. The van der Waals surface area contributed by atoms with Crippen molar-refractivity contribution in [3.8, 4) is 5.75 Å².